The van der Waals surface area contributed by atoms with E-state index in [1.807, 2.05) is 0 Å². The number of hydrogen-bond donors (Lipinski definition) is 2. The highest BCUT2D eigenvalue weighted by molar-refractivity contribution is 6.31. The molecule has 0 unspecified atom stereocenters. The lowest BCUT2D eigenvalue weighted by Gasteiger charge is -2.37. The van der Waals surface area contributed by atoms with E-state index in [0.717, 1.165) is 6.42 Å². The maximum Gasteiger partial charge on any atom is 0.270 e. The minimum Gasteiger partial charge on any atom is -0.398 e. The fourth-order valence-electron chi connectivity index (χ4n) is 2.49. The lowest BCUT2D eigenvalue weighted by atomic mass is 9.76. The summed E-state index contributed by atoms with van der Waals surface area (Å²) in [5, 5.41) is 0. The second-order valence-corrected chi connectivity index (χ2v) is 5.03. The van der Waals surface area contributed by atoms with E-state index < -0.39 is 23.3 Å². The van der Waals surface area contributed by atoms with Gasteiger partial charge < -0.3 is 11.5 Å². The number of carbonyl (C=O) groups is 3. The zero-order valence-corrected chi connectivity index (χ0v) is 10.2. The van der Waals surface area contributed by atoms with Crippen molar-refractivity contribution in [1.29, 1.82) is 0 Å². The molecule has 6 nitrogen and oxygen atoms in total. The van der Waals surface area contributed by atoms with Gasteiger partial charge in [0.05, 0.1) is 16.7 Å². The van der Waals surface area contributed by atoms with Gasteiger partial charge in [0, 0.05) is 5.69 Å². The molecule has 0 radical (unpaired) electrons. The Kier molecular flexibility index (Phi) is 2.27. The maximum absolute atomic E-state index is 12.3. The summed E-state index contributed by atoms with van der Waals surface area (Å²) in [5.41, 5.74) is 11.0. The normalized spacial score (nSPS) is 20.2. The molecular weight excluding hydrogens is 246 g/mol. The van der Waals surface area contributed by atoms with Crippen LogP contribution in [-0.2, 0) is 4.79 Å². The van der Waals surface area contributed by atoms with E-state index >= 15 is 0 Å². The Hall–Kier alpha value is -2.21. The summed E-state index contributed by atoms with van der Waals surface area (Å²) in [4.78, 5) is 37.3. The van der Waals surface area contributed by atoms with Crippen LogP contribution in [0, 0.1) is 0 Å². The fourth-order valence-corrected chi connectivity index (χ4v) is 2.49. The summed E-state index contributed by atoms with van der Waals surface area (Å²) in [6, 6.07) is 4.59. The third-order valence-electron chi connectivity index (χ3n) is 3.82. The van der Waals surface area contributed by atoms with Crippen LogP contribution in [0.1, 0.15) is 40.0 Å². The zero-order chi connectivity index (χ0) is 13.8. The largest absolute Gasteiger partial charge is 0.398 e. The van der Waals surface area contributed by atoms with Gasteiger partial charge in [-0.2, -0.15) is 0 Å². The predicted molar refractivity (Wildman–Crippen MR) is 67.1 cm³/mol. The summed E-state index contributed by atoms with van der Waals surface area (Å²) >= 11 is 0. The Morgan fingerprint density at radius 1 is 1.21 bits per heavy atom. The van der Waals surface area contributed by atoms with E-state index in [-0.39, 0.29) is 16.8 Å². The number of benzene rings is 1. The number of fused-ring (bicyclic) bond motifs is 1. The summed E-state index contributed by atoms with van der Waals surface area (Å²) < 4.78 is 0. The zero-order valence-electron chi connectivity index (χ0n) is 10.2. The van der Waals surface area contributed by atoms with Crippen LogP contribution in [0.3, 0.4) is 0 Å². The fraction of sp³-hybridized carbons (Fsp3) is 0.308. The molecule has 0 bridgehead atoms. The monoisotopic (exact) mass is 259 g/mol. The molecule has 3 amide bonds. The van der Waals surface area contributed by atoms with Gasteiger partial charge >= 0.3 is 0 Å². The van der Waals surface area contributed by atoms with E-state index in [1.165, 1.54) is 12.1 Å². The van der Waals surface area contributed by atoms with Crippen molar-refractivity contribution in [2.45, 2.75) is 24.8 Å². The smallest absolute Gasteiger partial charge is 0.270 e. The highest BCUT2D eigenvalue weighted by Gasteiger charge is 2.50. The number of carbonyl (C=O) groups excluding carboxylic acids is 3. The lowest BCUT2D eigenvalue weighted by Crippen LogP contribution is -2.60. The Balaban J connectivity index is 2.04. The lowest BCUT2D eigenvalue weighted by molar-refractivity contribution is -0.134. The third-order valence-corrected chi connectivity index (χ3v) is 3.82. The number of hydrogen-bond acceptors (Lipinski definition) is 5. The minimum atomic E-state index is -1.08. The Morgan fingerprint density at radius 3 is 2.42 bits per heavy atom. The second-order valence-electron chi connectivity index (χ2n) is 5.03. The van der Waals surface area contributed by atoms with Crippen molar-refractivity contribution in [2.75, 3.05) is 5.73 Å². The van der Waals surface area contributed by atoms with Gasteiger partial charge in [0.25, 0.3) is 17.7 Å². The van der Waals surface area contributed by atoms with Crippen LogP contribution in [-0.4, -0.2) is 28.2 Å². The Bertz CT molecular complexity index is 620. The van der Waals surface area contributed by atoms with Crippen LogP contribution in [0.25, 0.3) is 0 Å². The molecule has 1 saturated carbocycles. The Labute approximate surface area is 109 Å². The number of rotatable bonds is 1. The van der Waals surface area contributed by atoms with Crippen LogP contribution in [0.2, 0.25) is 0 Å². The van der Waals surface area contributed by atoms with Gasteiger partial charge in [0.1, 0.15) is 0 Å². The van der Waals surface area contributed by atoms with Gasteiger partial charge in [0.2, 0.25) is 0 Å². The topological polar surface area (TPSA) is 106 Å². The minimum absolute atomic E-state index is 0.101. The van der Waals surface area contributed by atoms with Crippen molar-refractivity contribution in [1.82, 2.24) is 4.90 Å². The highest BCUT2D eigenvalue weighted by atomic mass is 16.2. The molecule has 19 heavy (non-hydrogen) atoms. The van der Waals surface area contributed by atoms with Gasteiger partial charge in [-0.25, -0.2) is 4.90 Å². The van der Waals surface area contributed by atoms with Gasteiger partial charge in [-0.3, -0.25) is 14.4 Å². The average Bonchev–Trinajstić information content (AvgIpc) is 2.59. The number of imide groups is 3. The van der Waals surface area contributed by atoms with Gasteiger partial charge in [-0.1, -0.05) is 6.07 Å². The van der Waals surface area contributed by atoms with Crippen molar-refractivity contribution in [3.05, 3.63) is 29.3 Å². The first-order valence-electron chi connectivity index (χ1n) is 6.06. The van der Waals surface area contributed by atoms with Crippen molar-refractivity contribution in [3.8, 4) is 0 Å². The van der Waals surface area contributed by atoms with Crippen LogP contribution < -0.4 is 11.5 Å². The van der Waals surface area contributed by atoms with Crippen LogP contribution >= 0.6 is 0 Å². The molecule has 1 fully saturated rings. The molecule has 1 aliphatic heterocycles. The number of amides is 3. The molecular formula is C13H13N3O3. The first-order valence-corrected chi connectivity index (χ1v) is 6.06. The molecule has 2 aliphatic rings. The molecule has 1 aliphatic carbocycles. The maximum atomic E-state index is 12.3. The van der Waals surface area contributed by atoms with Crippen LogP contribution in [0.4, 0.5) is 5.69 Å². The Morgan fingerprint density at radius 2 is 1.89 bits per heavy atom. The summed E-state index contributed by atoms with van der Waals surface area (Å²) in [6.07, 6.45) is 1.82. The summed E-state index contributed by atoms with van der Waals surface area (Å²) in [6.45, 7) is 0. The van der Waals surface area contributed by atoms with E-state index in [2.05, 4.69) is 0 Å². The van der Waals surface area contributed by atoms with E-state index in [1.54, 1.807) is 6.07 Å². The first-order chi connectivity index (χ1) is 8.96. The number of nitrogens with two attached hydrogens (primary N) is 2. The van der Waals surface area contributed by atoms with Crippen LogP contribution in [0.5, 0.6) is 0 Å². The predicted octanol–water partition coefficient (Wildman–Crippen LogP) is 0.273. The summed E-state index contributed by atoms with van der Waals surface area (Å²) in [7, 11) is 0. The van der Waals surface area contributed by atoms with Crippen molar-refractivity contribution >= 4 is 23.4 Å². The van der Waals surface area contributed by atoms with E-state index in [0.29, 0.717) is 17.7 Å². The third kappa shape index (κ3) is 1.43. The van der Waals surface area contributed by atoms with Gasteiger partial charge in [-0.15, -0.1) is 0 Å². The molecule has 3 rings (SSSR count). The van der Waals surface area contributed by atoms with Gasteiger partial charge in [0.15, 0.2) is 0 Å². The van der Waals surface area contributed by atoms with E-state index in [9.17, 15) is 14.4 Å². The van der Waals surface area contributed by atoms with E-state index in [4.69, 9.17) is 11.5 Å². The number of anilines is 1. The molecule has 6 heteroatoms. The standard InChI is InChI=1S/C13H13N3O3/c14-8-4-1-3-7-9(8)11(18)16(10(7)17)12(19)13(15)5-2-6-13/h1,3-4H,2,5-6,14-15H2. The molecule has 4 N–H and O–H groups in total. The van der Waals surface area contributed by atoms with Gasteiger partial charge in [-0.05, 0) is 31.4 Å². The molecule has 1 aromatic carbocycles. The first kappa shape index (κ1) is 11.9. The molecule has 1 heterocycles. The molecule has 98 valence electrons. The molecule has 0 spiro atoms. The quantitative estimate of drug-likeness (QED) is 0.556. The average molecular weight is 259 g/mol. The molecule has 0 aromatic heterocycles. The second kappa shape index (κ2) is 3.64. The molecule has 0 saturated heterocycles. The number of nitrogens with zero attached hydrogens (tertiary/aromatic N) is 1. The van der Waals surface area contributed by atoms with Crippen LogP contribution in [0.15, 0.2) is 18.2 Å². The molecule has 0 atom stereocenters. The summed E-state index contributed by atoms with van der Waals surface area (Å²) in [5.74, 6) is -1.92. The van der Waals surface area contributed by atoms with Crippen molar-refractivity contribution in [2.24, 2.45) is 5.73 Å². The highest BCUT2D eigenvalue weighted by Crippen LogP contribution is 2.35. The van der Waals surface area contributed by atoms with Crippen molar-refractivity contribution < 1.29 is 14.4 Å². The molecule has 1 aromatic rings. The van der Waals surface area contributed by atoms with Crippen molar-refractivity contribution in [3.63, 3.8) is 0 Å². The SMILES string of the molecule is Nc1cccc2c1C(=O)N(C(=O)C1(N)CCC1)C2=O. The number of nitrogen functional groups attached to an aromatic ring is 1.